The van der Waals surface area contributed by atoms with Gasteiger partial charge in [0.25, 0.3) is 0 Å². The molecule has 0 amide bonds. The number of hydrogen-bond acceptors (Lipinski definition) is 2. The van der Waals surface area contributed by atoms with E-state index >= 15 is 0 Å². The van der Waals surface area contributed by atoms with Crippen molar-refractivity contribution in [1.29, 1.82) is 0 Å². The molecule has 0 aromatic rings. The maximum absolute atomic E-state index is 12.6. The zero-order valence-electron chi connectivity index (χ0n) is 7.81. The van der Waals surface area contributed by atoms with Crippen LogP contribution >= 0.6 is 0 Å². The molecule has 1 fully saturated rings. The average Bonchev–Trinajstić information content (AvgIpc) is 2.17. The van der Waals surface area contributed by atoms with Crippen LogP contribution in [0, 0.1) is 5.92 Å². The molecule has 2 nitrogen and oxygen atoms in total. The van der Waals surface area contributed by atoms with E-state index in [1.807, 2.05) is 0 Å². The van der Waals surface area contributed by atoms with Crippen LogP contribution in [-0.2, 0) is 9.59 Å². The SMILES string of the molecule is O=C1CCCCC1C(=O)C(F)(F)C(F)F. The lowest BCUT2D eigenvalue weighted by Crippen LogP contribution is -2.44. The summed E-state index contributed by atoms with van der Waals surface area (Å²) in [5, 5.41) is 0. The average molecular weight is 226 g/mol. The molecule has 6 heteroatoms. The van der Waals surface area contributed by atoms with Gasteiger partial charge in [-0.05, 0) is 12.8 Å². The van der Waals surface area contributed by atoms with Crippen molar-refractivity contribution in [3.05, 3.63) is 0 Å². The van der Waals surface area contributed by atoms with Crippen molar-refractivity contribution in [2.75, 3.05) is 0 Å². The van der Waals surface area contributed by atoms with Gasteiger partial charge in [0.2, 0.25) is 5.78 Å². The third-order valence-electron chi connectivity index (χ3n) is 2.47. The van der Waals surface area contributed by atoms with Gasteiger partial charge in [-0.1, -0.05) is 6.42 Å². The standard InChI is InChI=1S/C9H10F4O2/c10-8(11)9(12,13)7(15)5-3-1-2-4-6(5)14/h5,8H,1-4H2. The minimum Gasteiger partial charge on any atom is -0.299 e. The minimum atomic E-state index is -4.70. The van der Waals surface area contributed by atoms with Crippen LogP contribution in [0.5, 0.6) is 0 Å². The molecule has 1 aliphatic rings. The molecular weight excluding hydrogens is 216 g/mol. The third-order valence-corrected chi connectivity index (χ3v) is 2.47. The number of ketones is 2. The number of alkyl halides is 4. The highest BCUT2D eigenvalue weighted by atomic mass is 19.3. The Labute approximate surface area is 83.6 Å². The zero-order chi connectivity index (χ0) is 11.6. The first-order valence-electron chi connectivity index (χ1n) is 4.60. The Morgan fingerprint density at radius 3 is 2.40 bits per heavy atom. The molecule has 1 atom stereocenters. The van der Waals surface area contributed by atoms with E-state index in [0.717, 1.165) is 0 Å². The van der Waals surface area contributed by atoms with Gasteiger partial charge in [0.15, 0.2) is 0 Å². The molecule has 0 spiro atoms. The Morgan fingerprint density at radius 2 is 1.93 bits per heavy atom. The van der Waals surface area contributed by atoms with E-state index in [-0.39, 0.29) is 12.8 Å². The molecule has 1 saturated carbocycles. The summed E-state index contributed by atoms with van der Waals surface area (Å²) in [6.45, 7) is 0. The number of Topliss-reactive ketones (excluding diaryl/α,β-unsaturated/α-hetero) is 2. The van der Waals surface area contributed by atoms with E-state index in [2.05, 4.69) is 0 Å². The molecule has 0 N–H and O–H groups in total. The Hall–Kier alpha value is -0.940. The van der Waals surface area contributed by atoms with Gasteiger partial charge in [-0.3, -0.25) is 9.59 Å². The molecule has 1 rings (SSSR count). The maximum atomic E-state index is 12.6. The topological polar surface area (TPSA) is 34.1 Å². The molecule has 15 heavy (non-hydrogen) atoms. The summed E-state index contributed by atoms with van der Waals surface area (Å²) < 4.78 is 49.0. The second-order valence-corrected chi connectivity index (χ2v) is 3.55. The van der Waals surface area contributed by atoms with Gasteiger partial charge in [0.05, 0.1) is 5.92 Å². The second-order valence-electron chi connectivity index (χ2n) is 3.55. The van der Waals surface area contributed by atoms with Gasteiger partial charge in [-0.2, -0.15) is 8.78 Å². The van der Waals surface area contributed by atoms with Crippen molar-refractivity contribution in [2.24, 2.45) is 5.92 Å². The van der Waals surface area contributed by atoms with Crippen molar-refractivity contribution >= 4 is 11.6 Å². The molecule has 0 aliphatic heterocycles. The first-order chi connectivity index (χ1) is 6.87. The van der Waals surface area contributed by atoms with Crippen molar-refractivity contribution in [2.45, 2.75) is 38.0 Å². The van der Waals surface area contributed by atoms with E-state index in [1.54, 1.807) is 0 Å². The molecule has 0 aromatic carbocycles. The van der Waals surface area contributed by atoms with Crippen LogP contribution in [0.2, 0.25) is 0 Å². The largest absolute Gasteiger partial charge is 0.365 e. The molecule has 86 valence electrons. The summed E-state index contributed by atoms with van der Waals surface area (Å²) in [7, 11) is 0. The van der Waals surface area contributed by atoms with Crippen LogP contribution in [0.25, 0.3) is 0 Å². The van der Waals surface area contributed by atoms with Crippen molar-refractivity contribution in [1.82, 2.24) is 0 Å². The fourth-order valence-corrected chi connectivity index (χ4v) is 1.60. The van der Waals surface area contributed by atoms with Crippen molar-refractivity contribution in [3.8, 4) is 0 Å². The fraction of sp³-hybridized carbons (Fsp3) is 0.778. The highest BCUT2D eigenvalue weighted by Gasteiger charge is 2.52. The Bertz CT molecular complexity index is 275. The Morgan fingerprint density at radius 1 is 1.33 bits per heavy atom. The van der Waals surface area contributed by atoms with Crippen LogP contribution in [0.4, 0.5) is 17.6 Å². The summed E-state index contributed by atoms with van der Waals surface area (Å²) in [5.41, 5.74) is 0. The molecule has 0 bridgehead atoms. The first kappa shape index (κ1) is 12.1. The predicted octanol–water partition coefficient (Wildman–Crippen LogP) is 2.22. The number of halogens is 4. The van der Waals surface area contributed by atoms with E-state index in [9.17, 15) is 27.2 Å². The smallest absolute Gasteiger partial charge is 0.299 e. The summed E-state index contributed by atoms with van der Waals surface area (Å²) in [4.78, 5) is 22.1. The first-order valence-corrected chi connectivity index (χ1v) is 4.60. The van der Waals surface area contributed by atoms with Gasteiger partial charge in [-0.15, -0.1) is 0 Å². The predicted molar refractivity (Wildman–Crippen MR) is 42.9 cm³/mol. The maximum Gasteiger partial charge on any atom is 0.365 e. The highest BCUT2D eigenvalue weighted by Crippen LogP contribution is 2.32. The van der Waals surface area contributed by atoms with E-state index < -0.39 is 29.8 Å². The van der Waals surface area contributed by atoms with Gasteiger partial charge in [0, 0.05) is 6.42 Å². The summed E-state index contributed by atoms with van der Waals surface area (Å²) in [5.74, 6) is -8.81. The number of carbonyl (C=O) groups is 2. The van der Waals surface area contributed by atoms with Crippen LogP contribution in [0.1, 0.15) is 25.7 Å². The minimum absolute atomic E-state index is 0.0235. The Kier molecular flexibility index (Phi) is 3.46. The molecule has 0 saturated heterocycles. The zero-order valence-corrected chi connectivity index (χ0v) is 7.81. The second kappa shape index (κ2) is 4.28. The lowest BCUT2D eigenvalue weighted by Gasteiger charge is -2.23. The van der Waals surface area contributed by atoms with Crippen LogP contribution in [-0.4, -0.2) is 23.9 Å². The molecule has 1 aliphatic carbocycles. The van der Waals surface area contributed by atoms with Crippen LogP contribution < -0.4 is 0 Å². The fourth-order valence-electron chi connectivity index (χ4n) is 1.60. The molecule has 0 heterocycles. The highest BCUT2D eigenvalue weighted by molar-refractivity contribution is 6.05. The van der Waals surface area contributed by atoms with Crippen molar-refractivity contribution < 1.29 is 27.2 Å². The summed E-state index contributed by atoms with van der Waals surface area (Å²) in [6.07, 6.45) is -3.08. The lowest BCUT2D eigenvalue weighted by molar-refractivity contribution is -0.173. The van der Waals surface area contributed by atoms with E-state index in [1.165, 1.54) is 0 Å². The summed E-state index contributed by atoms with van der Waals surface area (Å²) in [6, 6.07) is 0. The van der Waals surface area contributed by atoms with Gasteiger partial charge < -0.3 is 0 Å². The Balaban J connectivity index is 2.79. The number of rotatable bonds is 3. The molecular formula is C9H10F4O2. The molecule has 0 aromatic heterocycles. The molecule has 1 unspecified atom stereocenters. The lowest BCUT2D eigenvalue weighted by atomic mass is 9.83. The number of hydrogen-bond donors (Lipinski definition) is 0. The van der Waals surface area contributed by atoms with E-state index in [0.29, 0.717) is 12.8 Å². The van der Waals surface area contributed by atoms with Gasteiger partial charge in [-0.25, -0.2) is 8.78 Å². The third kappa shape index (κ3) is 2.35. The van der Waals surface area contributed by atoms with Crippen LogP contribution in [0.3, 0.4) is 0 Å². The normalized spacial score (nSPS) is 23.3. The quantitative estimate of drug-likeness (QED) is 0.546. The monoisotopic (exact) mass is 226 g/mol. The number of carbonyl (C=O) groups excluding carboxylic acids is 2. The van der Waals surface area contributed by atoms with Crippen LogP contribution in [0.15, 0.2) is 0 Å². The summed E-state index contributed by atoms with van der Waals surface area (Å²) >= 11 is 0. The van der Waals surface area contributed by atoms with Crippen molar-refractivity contribution in [3.63, 3.8) is 0 Å². The van der Waals surface area contributed by atoms with E-state index in [4.69, 9.17) is 0 Å². The van der Waals surface area contributed by atoms with Gasteiger partial charge in [0.1, 0.15) is 5.78 Å². The molecule has 0 radical (unpaired) electrons. The van der Waals surface area contributed by atoms with Gasteiger partial charge >= 0.3 is 12.3 Å².